The minimum atomic E-state index is -0.446. The lowest BCUT2D eigenvalue weighted by molar-refractivity contribution is 0.0599. The molecule has 0 unspecified atom stereocenters. The number of anilines is 1. The Bertz CT molecular complexity index is 1230. The fourth-order valence-electron chi connectivity index (χ4n) is 3.85. The van der Waals surface area contributed by atoms with E-state index in [2.05, 4.69) is 9.97 Å². The molecule has 10 nitrogen and oxygen atoms in total. The van der Waals surface area contributed by atoms with Gasteiger partial charge in [0.05, 0.1) is 24.1 Å². The van der Waals surface area contributed by atoms with Crippen LogP contribution in [-0.2, 0) is 11.8 Å². The number of nitrogens with zero attached hydrogens (tertiary/aromatic N) is 6. The topological polar surface area (TPSA) is 111 Å². The Morgan fingerprint density at radius 3 is 2.42 bits per heavy atom. The minimum Gasteiger partial charge on any atom is -0.465 e. The number of carbonyl (C=O) groups excluding carboxylic acids is 2. The summed E-state index contributed by atoms with van der Waals surface area (Å²) in [5.41, 5.74) is 1.75. The Morgan fingerprint density at radius 2 is 1.79 bits per heavy atom. The molecule has 1 aliphatic heterocycles. The number of piperazine rings is 1. The number of methoxy groups -OCH3 is 1. The van der Waals surface area contributed by atoms with Crippen LogP contribution < -0.4 is 10.5 Å². The second kappa shape index (κ2) is 9.19. The molecule has 2 aromatic heterocycles. The lowest BCUT2D eigenvalue weighted by atomic mass is 10.1. The van der Waals surface area contributed by atoms with Gasteiger partial charge in [-0.05, 0) is 37.3 Å². The van der Waals surface area contributed by atoms with Crippen LogP contribution in [0.5, 0.6) is 0 Å². The average molecular weight is 448 g/mol. The Hall–Kier alpha value is -4.08. The van der Waals surface area contributed by atoms with Crippen molar-refractivity contribution < 1.29 is 14.3 Å². The molecule has 33 heavy (non-hydrogen) atoms. The summed E-state index contributed by atoms with van der Waals surface area (Å²) < 4.78 is 6.20. The fourth-order valence-corrected chi connectivity index (χ4v) is 3.85. The third-order valence-corrected chi connectivity index (χ3v) is 5.68. The lowest BCUT2D eigenvalue weighted by Gasteiger charge is -2.40. The van der Waals surface area contributed by atoms with Gasteiger partial charge in [-0.25, -0.2) is 19.7 Å². The van der Waals surface area contributed by atoms with Gasteiger partial charge in [0, 0.05) is 50.6 Å². The van der Waals surface area contributed by atoms with E-state index in [0.29, 0.717) is 48.1 Å². The van der Waals surface area contributed by atoms with Crippen LogP contribution in [0.2, 0.25) is 0 Å². The smallest absolute Gasteiger partial charge is 0.337 e. The number of rotatable bonds is 4. The molecule has 170 valence electrons. The van der Waals surface area contributed by atoms with Crippen LogP contribution in [0.4, 0.5) is 5.95 Å². The number of carbonyl (C=O) groups is 2. The first-order valence-electron chi connectivity index (χ1n) is 10.5. The van der Waals surface area contributed by atoms with E-state index in [1.54, 1.807) is 48.5 Å². The zero-order valence-corrected chi connectivity index (χ0v) is 18.6. The van der Waals surface area contributed by atoms with Gasteiger partial charge in [-0.3, -0.25) is 14.2 Å². The van der Waals surface area contributed by atoms with Gasteiger partial charge in [-0.15, -0.1) is 0 Å². The van der Waals surface area contributed by atoms with E-state index in [1.807, 2.05) is 11.8 Å². The molecule has 0 radical (unpaired) electrons. The van der Waals surface area contributed by atoms with E-state index in [-0.39, 0.29) is 17.5 Å². The minimum absolute atomic E-state index is 0.0733. The van der Waals surface area contributed by atoms with E-state index >= 15 is 0 Å². The van der Waals surface area contributed by atoms with Gasteiger partial charge in [-0.2, -0.15) is 0 Å². The second-order valence-electron chi connectivity index (χ2n) is 7.80. The quantitative estimate of drug-likeness (QED) is 0.551. The summed E-state index contributed by atoms with van der Waals surface area (Å²) in [4.78, 5) is 53.8. The maximum Gasteiger partial charge on any atom is 0.337 e. The van der Waals surface area contributed by atoms with Crippen molar-refractivity contribution in [2.45, 2.75) is 13.0 Å². The summed E-state index contributed by atoms with van der Waals surface area (Å²) in [6.07, 6.45) is 3.02. The summed E-state index contributed by atoms with van der Waals surface area (Å²) in [5.74, 6) is -0.0359. The van der Waals surface area contributed by atoms with Gasteiger partial charge >= 0.3 is 5.97 Å². The first-order valence-corrected chi connectivity index (χ1v) is 10.5. The molecular weight excluding hydrogens is 424 g/mol. The molecule has 0 aliphatic carbocycles. The van der Waals surface area contributed by atoms with Crippen LogP contribution in [0.15, 0.2) is 53.7 Å². The number of hydrogen-bond acceptors (Lipinski definition) is 8. The Morgan fingerprint density at radius 1 is 1.06 bits per heavy atom. The molecule has 1 amide bonds. The second-order valence-corrected chi connectivity index (χ2v) is 7.80. The molecule has 0 N–H and O–H groups in total. The Balaban J connectivity index is 1.53. The van der Waals surface area contributed by atoms with Gasteiger partial charge in [0.15, 0.2) is 0 Å². The highest BCUT2D eigenvalue weighted by Gasteiger charge is 2.30. The van der Waals surface area contributed by atoms with Crippen molar-refractivity contribution in [1.29, 1.82) is 0 Å². The summed E-state index contributed by atoms with van der Waals surface area (Å²) in [7, 11) is 3.00. The van der Waals surface area contributed by atoms with E-state index in [4.69, 9.17) is 9.72 Å². The monoisotopic (exact) mass is 448 g/mol. The van der Waals surface area contributed by atoms with Gasteiger partial charge in [0.1, 0.15) is 6.33 Å². The largest absolute Gasteiger partial charge is 0.465 e. The zero-order valence-electron chi connectivity index (χ0n) is 18.6. The van der Waals surface area contributed by atoms with Crippen LogP contribution in [0.25, 0.3) is 11.4 Å². The highest BCUT2D eigenvalue weighted by molar-refractivity contribution is 5.96. The third-order valence-electron chi connectivity index (χ3n) is 5.68. The van der Waals surface area contributed by atoms with Crippen LogP contribution in [0, 0.1) is 0 Å². The molecule has 3 aromatic rings. The molecule has 0 saturated carbocycles. The van der Waals surface area contributed by atoms with Crippen molar-refractivity contribution in [3.8, 4) is 11.4 Å². The number of benzene rings is 1. The number of amides is 1. The number of ether oxygens (including phenoxy) is 1. The summed E-state index contributed by atoms with van der Waals surface area (Å²) in [6, 6.07) is 9.50. The summed E-state index contributed by atoms with van der Waals surface area (Å²) >= 11 is 0. The van der Waals surface area contributed by atoms with E-state index in [0.717, 1.165) is 0 Å². The van der Waals surface area contributed by atoms with Gasteiger partial charge in [0.2, 0.25) is 5.95 Å². The average Bonchev–Trinajstić information content (AvgIpc) is 2.85. The van der Waals surface area contributed by atoms with Crippen molar-refractivity contribution in [2.24, 2.45) is 7.05 Å². The van der Waals surface area contributed by atoms with Crippen molar-refractivity contribution in [2.75, 3.05) is 31.6 Å². The number of esters is 1. The van der Waals surface area contributed by atoms with Gasteiger partial charge < -0.3 is 14.5 Å². The first-order chi connectivity index (χ1) is 15.9. The molecule has 0 spiro atoms. The molecule has 1 atom stereocenters. The van der Waals surface area contributed by atoms with Crippen molar-refractivity contribution in [3.63, 3.8) is 0 Å². The lowest BCUT2D eigenvalue weighted by Crippen LogP contribution is -2.55. The Labute approximate surface area is 190 Å². The van der Waals surface area contributed by atoms with E-state index in [9.17, 15) is 14.4 Å². The van der Waals surface area contributed by atoms with Crippen molar-refractivity contribution in [3.05, 3.63) is 70.4 Å². The molecule has 4 rings (SSSR count). The zero-order chi connectivity index (χ0) is 23.5. The molecule has 1 saturated heterocycles. The molecule has 1 aromatic carbocycles. The van der Waals surface area contributed by atoms with Gasteiger partial charge in [-0.1, -0.05) is 0 Å². The molecular formula is C23H24N6O4. The Kier molecular flexibility index (Phi) is 6.16. The molecule has 0 bridgehead atoms. The number of hydrogen-bond donors (Lipinski definition) is 0. The predicted molar refractivity (Wildman–Crippen MR) is 121 cm³/mol. The summed E-state index contributed by atoms with van der Waals surface area (Å²) in [5, 5.41) is 0. The van der Waals surface area contributed by atoms with E-state index in [1.165, 1.54) is 24.1 Å². The number of aromatic nitrogens is 4. The maximum atomic E-state index is 13.0. The van der Waals surface area contributed by atoms with Crippen molar-refractivity contribution >= 4 is 17.8 Å². The van der Waals surface area contributed by atoms with Crippen LogP contribution >= 0.6 is 0 Å². The molecule has 1 fully saturated rings. The molecule has 3 heterocycles. The highest BCUT2D eigenvalue weighted by atomic mass is 16.5. The van der Waals surface area contributed by atoms with Crippen molar-refractivity contribution in [1.82, 2.24) is 24.4 Å². The van der Waals surface area contributed by atoms with Crippen LogP contribution in [0.1, 0.15) is 27.6 Å². The first kappa shape index (κ1) is 22.1. The normalized spacial score (nSPS) is 15.9. The standard InChI is InChI=1S/C23H24N6O4/c1-15-13-28(21(31)16-4-6-17(7-5-16)22(32)33-3)10-11-29(15)23-26-19(12-20(30)27(23)2)18-8-9-24-14-25-18/h4-9,12,14-15H,10-11,13H2,1-3H3/t15-/m1/s1. The summed E-state index contributed by atoms with van der Waals surface area (Å²) in [6.45, 7) is 3.44. The SMILES string of the molecule is COC(=O)c1ccc(C(=O)N2CCN(c3nc(-c4ccncn4)cc(=O)n3C)[C@H](C)C2)cc1. The fraction of sp³-hybridized carbons (Fsp3) is 0.304. The molecule has 1 aliphatic rings. The van der Waals surface area contributed by atoms with E-state index < -0.39 is 5.97 Å². The maximum absolute atomic E-state index is 13.0. The van der Waals surface area contributed by atoms with Gasteiger partial charge in [0.25, 0.3) is 11.5 Å². The molecule has 10 heteroatoms. The third kappa shape index (κ3) is 4.45. The van der Waals surface area contributed by atoms with Crippen LogP contribution in [0.3, 0.4) is 0 Å². The predicted octanol–water partition coefficient (Wildman–Crippen LogP) is 1.37. The highest BCUT2D eigenvalue weighted by Crippen LogP contribution is 2.21. The van der Waals surface area contributed by atoms with Crippen LogP contribution in [-0.4, -0.2) is 69.1 Å².